The molecule has 0 amide bonds. The fraction of sp³-hybridized carbons (Fsp3) is 0. The van der Waals surface area contributed by atoms with Gasteiger partial charge in [0.25, 0.3) is 0 Å². The van der Waals surface area contributed by atoms with Gasteiger partial charge in [0.05, 0.1) is 0 Å². The monoisotopic (exact) mass is 211 g/mol. The Labute approximate surface area is 70.3 Å². The van der Waals surface area contributed by atoms with Gasteiger partial charge >= 0.3 is 69.9 Å². The van der Waals surface area contributed by atoms with E-state index in [1.807, 2.05) is 18.2 Å². The average molecular weight is 210 g/mol. The summed E-state index contributed by atoms with van der Waals surface area (Å²) in [6.07, 6.45) is 3.54. The minimum absolute atomic E-state index is 0.0624. The summed E-state index contributed by atoms with van der Waals surface area (Å²) >= 11 is 0.0624. The Morgan fingerprint density at radius 3 is 2.82 bits per heavy atom. The molecule has 0 aromatic carbocycles. The van der Waals surface area contributed by atoms with Gasteiger partial charge in [-0.1, -0.05) is 0 Å². The van der Waals surface area contributed by atoms with Crippen LogP contribution in [0.3, 0.4) is 0 Å². The second kappa shape index (κ2) is 2.94. The van der Waals surface area contributed by atoms with Gasteiger partial charge < -0.3 is 0 Å². The molecule has 0 bridgehead atoms. The van der Waals surface area contributed by atoms with E-state index in [2.05, 4.69) is 12.9 Å². The van der Waals surface area contributed by atoms with Crippen LogP contribution in [0.2, 0.25) is 0 Å². The fourth-order valence-corrected chi connectivity index (χ4v) is 1.68. The number of aromatic nitrogens is 3. The Bertz CT molecular complexity index is 317. The Kier molecular flexibility index (Phi) is 1.79. The zero-order chi connectivity index (χ0) is 7.52. The van der Waals surface area contributed by atoms with Crippen LogP contribution in [0, 0.1) is 0 Å². The minimum atomic E-state index is 0.0624. The van der Waals surface area contributed by atoms with E-state index in [1.54, 1.807) is 12.4 Å². The standard InChI is InChI=1S/C7H5N3Se/c1-2-4-8-6(3-1)7-5-9-11-10-7/h1-5H. The van der Waals surface area contributed by atoms with E-state index in [0.29, 0.717) is 0 Å². The van der Waals surface area contributed by atoms with E-state index in [9.17, 15) is 0 Å². The van der Waals surface area contributed by atoms with Gasteiger partial charge in [-0.3, -0.25) is 0 Å². The van der Waals surface area contributed by atoms with Gasteiger partial charge in [-0.25, -0.2) is 0 Å². The molecule has 2 aromatic heterocycles. The molecule has 3 nitrogen and oxygen atoms in total. The molecule has 0 aliphatic rings. The van der Waals surface area contributed by atoms with E-state index in [0.717, 1.165) is 11.4 Å². The number of pyridine rings is 1. The maximum atomic E-state index is 4.20. The van der Waals surface area contributed by atoms with Crippen LogP contribution in [0.5, 0.6) is 0 Å². The zero-order valence-electron chi connectivity index (χ0n) is 5.64. The van der Waals surface area contributed by atoms with Crippen LogP contribution >= 0.6 is 0 Å². The predicted molar refractivity (Wildman–Crippen MR) is 42.2 cm³/mol. The molecule has 2 rings (SSSR count). The first-order valence-electron chi connectivity index (χ1n) is 3.16. The maximum absolute atomic E-state index is 4.20. The summed E-state index contributed by atoms with van der Waals surface area (Å²) in [5.41, 5.74) is 1.82. The van der Waals surface area contributed by atoms with E-state index >= 15 is 0 Å². The summed E-state index contributed by atoms with van der Waals surface area (Å²) in [5, 5.41) is 0. The summed E-state index contributed by atoms with van der Waals surface area (Å²) in [5.74, 6) is 0. The summed E-state index contributed by atoms with van der Waals surface area (Å²) in [6.45, 7) is 0. The summed E-state index contributed by atoms with van der Waals surface area (Å²) in [6, 6.07) is 5.78. The molecule has 0 unspecified atom stereocenters. The van der Waals surface area contributed by atoms with E-state index in [4.69, 9.17) is 0 Å². The van der Waals surface area contributed by atoms with Crippen molar-refractivity contribution < 1.29 is 0 Å². The fourth-order valence-electron chi connectivity index (χ4n) is 0.792. The normalized spacial score (nSPS) is 9.82. The number of hydrogen-bond donors (Lipinski definition) is 0. The SMILES string of the molecule is c1ccc(-c2cn[se]n2)nc1. The van der Waals surface area contributed by atoms with Crippen LogP contribution in [0.1, 0.15) is 0 Å². The van der Waals surface area contributed by atoms with Crippen molar-refractivity contribution in [2.45, 2.75) is 0 Å². The molecule has 2 heterocycles. The molecule has 0 saturated heterocycles. The molecule has 0 saturated carbocycles. The van der Waals surface area contributed by atoms with Gasteiger partial charge in [-0.05, 0) is 0 Å². The van der Waals surface area contributed by atoms with Gasteiger partial charge in [-0.15, -0.1) is 0 Å². The second-order valence-corrected chi connectivity index (χ2v) is 3.18. The molecule has 0 fully saturated rings. The molecule has 0 radical (unpaired) electrons. The third kappa shape index (κ3) is 1.36. The van der Waals surface area contributed by atoms with Gasteiger partial charge in [0.15, 0.2) is 0 Å². The van der Waals surface area contributed by atoms with E-state index < -0.39 is 0 Å². The Morgan fingerprint density at radius 1 is 1.18 bits per heavy atom. The first-order chi connectivity index (χ1) is 5.47. The zero-order valence-corrected chi connectivity index (χ0v) is 7.35. The van der Waals surface area contributed by atoms with E-state index in [-0.39, 0.29) is 15.0 Å². The number of hydrogen-bond acceptors (Lipinski definition) is 3. The van der Waals surface area contributed by atoms with Crippen molar-refractivity contribution in [1.82, 2.24) is 12.9 Å². The van der Waals surface area contributed by atoms with Crippen molar-refractivity contribution in [1.29, 1.82) is 0 Å². The summed E-state index contributed by atoms with van der Waals surface area (Å²) in [7, 11) is 0. The van der Waals surface area contributed by atoms with Gasteiger partial charge in [0.1, 0.15) is 0 Å². The van der Waals surface area contributed by atoms with Gasteiger partial charge in [0.2, 0.25) is 0 Å². The molecule has 11 heavy (non-hydrogen) atoms. The number of nitrogens with zero attached hydrogens (tertiary/aromatic N) is 3. The molecule has 4 heteroatoms. The average Bonchev–Trinajstić information content (AvgIpc) is 2.58. The molecule has 0 aliphatic heterocycles. The van der Waals surface area contributed by atoms with Crippen LogP contribution in [0.25, 0.3) is 11.4 Å². The van der Waals surface area contributed by atoms with Crippen LogP contribution in [0.15, 0.2) is 30.6 Å². The second-order valence-electron chi connectivity index (χ2n) is 2.01. The predicted octanol–water partition coefficient (Wildman–Crippen LogP) is 0.596. The van der Waals surface area contributed by atoms with Crippen molar-refractivity contribution in [3.05, 3.63) is 30.6 Å². The van der Waals surface area contributed by atoms with Gasteiger partial charge in [0, 0.05) is 0 Å². The van der Waals surface area contributed by atoms with E-state index in [1.165, 1.54) is 0 Å². The molecule has 2 aromatic rings. The Morgan fingerprint density at radius 2 is 2.18 bits per heavy atom. The van der Waals surface area contributed by atoms with Gasteiger partial charge in [-0.2, -0.15) is 0 Å². The van der Waals surface area contributed by atoms with Crippen molar-refractivity contribution in [3.63, 3.8) is 0 Å². The van der Waals surface area contributed by atoms with Crippen molar-refractivity contribution in [2.75, 3.05) is 0 Å². The Balaban J connectivity index is 2.46. The third-order valence-corrected chi connectivity index (χ3v) is 2.29. The summed E-state index contributed by atoms with van der Waals surface area (Å²) in [4.78, 5) is 4.15. The third-order valence-electron chi connectivity index (χ3n) is 1.29. The molecular weight excluding hydrogens is 205 g/mol. The van der Waals surface area contributed by atoms with Crippen molar-refractivity contribution >= 4 is 15.0 Å². The molecule has 54 valence electrons. The topological polar surface area (TPSA) is 38.7 Å². The van der Waals surface area contributed by atoms with Crippen LogP contribution < -0.4 is 0 Å². The quantitative estimate of drug-likeness (QED) is 0.647. The first kappa shape index (κ1) is 6.70. The van der Waals surface area contributed by atoms with Crippen LogP contribution in [-0.4, -0.2) is 27.9 Å². The first-order valence-corrected chi connectivity index (χ1v) is 4.69. The molecule has 0 N–H and O–H groups in total. The molecular formula is C7H5N3Se. The Hall–Kier alpha value is -0.991. The van der Waals surface area contributed by atoms with Crippen molar-refractivity contribution in [2.24, 2.45) is 0 Å². The molecule has 0 spiro atoms. The molecule has 0 atom stereocenters. The summed E-state index contributed by atoms with van der Waals surface area (Å²) < 4.78 is 8.24. The number of rotatable bonds is 1. The van der Waals surface area contributed by atoms with Crippen LogP contribution in [0.4, 0.5) is 0 Å². The molecule has 0 aliphatic carbocycles. The van der Waals surface area contributed by atoms with Crippen LogP contribution in [-0.2, 0) is 0 Å². The van der Waals surface area contributed by atoms with Crippen molar-refractivity contribution in [3.8, 4) is 11.4 Å².